The number of hydrogen-bond donors (Lipinski definition) is 1. The molecule has 0 spiro atoms. The lowest BCUT2D eigenvalue weighted by Crippen LogP contribution is -2.41. The summed E-state index contributed by atoms with van der Waals surface area (Å²) in [6, 6.07) is 0. The fourth-order valence-electron chi connectivity index (χ4n) is 3.05. The van der Waals surface area contributed by atoms with E-state index in [1.165, 1.54) is 6.33 Å². The van der Waals surface area contributed by atoms with E-state index in [1.807, 2.05) is 13.8 Å². The van der Waals surface area contributed by atoms with Crippen molar-refractivity contribution in [2.24, 2.45) is 5.92 Å². The van der Waals surface area contributed by atoms with Crippen LogP contribution in [0.3, 0.4) is 0 Å². The number of carbonyl (C=O) groups is 2. The van der Waals surface area contributed by atoms with Gasteiger partial charge in [0.25, 0.3) is 5.78 Å². The van der Waals surface area contributed by atoms with Crippen molar-refractivity contribution in [3.8, 4) is 0 Å². The molecule has 0 radical (unpaired) electrons. The molecule has 0 bridgehead atoms. The van der Waals surface area contributed by atoms with Crippen molar-refractivity contribution >= 4 is 17.7 Å². The average molecular weight is 317 g/mol. The van der Waals surface area contributed by atoms with Gasteiger partial charge in [0.1, 0.15) is 6.33 Å². The molecule has 0 aromatic carbocycles. The predicted molar refractivity (Wildman–Crippen MR) is 80.9 cm³/mol. The molecule has 0 unspecified atom stereocenters. The first-order valence-corrected chi connectivity index (χ1v) is 7.63. The first-order chi connectivity index (χ1) is 11.0. The zero-order chi connectivity index (χ0) is 16.6. The van der Waals surface area contributed by atoms with Gasteiger partial charge in [0.15, 0.2) is 0 Å². The molecule has 1 N–H and O–H groups in total. The van der Waals surface area contributed by atoms with E-state index in [2.05, 4.69) is 15.1 Å². The largest absolute Gasteiger partial charge is 0.481 e. The van der Waals surface area contributed by atoms with Gasteiger partial charge in [0.2, 0.25) is 5.91 Å². The number of piperidine rings is 1. The van der Waals surface area contributed by atoms with Crippen LogP contribution in [0.5, 0.6) is 0 Å². The highest BCUT2D eigenvalue weighted by molar-refractivity contribution is 5.80. The summed E-state index contributed by atoms with van der Waals surface area (Å²) in [4.78, 5) is 33.7. The van der Waals surface area contributed by atoms with Crippen molar-refractivity contribution in [3.63, 3.8) is 0 Å². The van der Waals surface area contributed by atoms with Crippen LogP contribution in [-0.2, 0) is 16.0 Å². The highest BCUT2D eigenvalue weighted by Gasteiger charge is 2.27. The third-order valence-corrected chi connectivity index (χ3v) is 4.51. The van der Waals surface area contributed by atoms with Crippen molar-refractivity contribution in [2.45, 2.75) is 33.1 Å². The minimum absolute atomic E-state index is 0.00121. The molecule has 1 aliphatic heterocycles. The van der Waals surface area contributed by atoms with Gasteiger partial charge < -0.3 is 10.0 Å². The number of aromatic nitrogens is 4. The Labute approximate surface area is 133 Å². The monoisotopic (exact) mass is 317 g/mol. The van der Waals surface area contributed by atoms with Crippen LogP contribution in [0.25, 0.3) is 5.78 Å². The molecule has 2 aromatic rings. The molecule has 1 fully saturated rings. The maximum absolute atomic E-state index is 12.5. The number of carboxylic acid groups (broad SMARTS) is 1. The van der Waals surface area contributed by atoms with E-state index in [9.17, 15) is 9.59 Å². The molecule has 2 aromatic heterocycles. The standard InChI is InChI=1S/C15H19N5O3/c1-9-12(10(2)20-15(18-9)16-8-17-20)7-13(21)19-5-3-11(4-6-19)14(22)23/h8,11H,3-7H2,1-2H3,(H,22,23). The summed E-state index contributed by atoms with van der Waals surface area (Å²) >= 11 is 0. The van der Waals surface area contributed by atoms with Gasteiger partial charge in [0, 0.05) is 30.0 Å². The number of nitrogens with zero attached hydrogens (tertiary/aromatic N) is 5. The number of carbonyl (C=O) groups excluding carboxylic acids is 1. The molecule has 1 aliphatic rings. The molecule has 1 saturated heterocycles. The summed E-state index contributed by atoms with van der Waals surface area (Å²) in [5.41, 5.74) is 2.49. The van der Waals surface area contributed by atoms with E-state index in [4.69, 9.17) is 5.11 Å². The van der Waals surface area contributed by atoms with E-state index in [0.717, 1.165) is 17.0 Å². The number of rotatable bonds is 3. The summed E-state index contributed by atoms with van der Waals surface area (Å²) in [7, 11) is 0. The number of fused-ring (bicyclic) bond motifs is 1. The molecule has 0 saturated carbocycles. The zero-order valence-corrected chi connectivity index (χ0v) is 13.2. The Morgan fingerprint density at radius 1 is 1.30 bits per heavy atom. The predicted octanol–water partition coefficient (Wildman–Crippen LogP) is 0.607. The average Bonchev–Trinajstić information content (AvgIpc) is 2.99. The third-order valence-electron chi connectivity index (χ3n) is 4.51. The SMILES string of the molecule is Cc1nc2ncnn2c(C)c1CC(=O)N1CCC(C(=O)O)CC1. The molecular formula is C15H19N5O3. The highest BCUT2D eigenvalue weighted by Crippen LogP contribution is 2.20. The number of aryl methyl sites for hydroxylation is 2. The number of aliphatic carboxylic acids is 1. The van der Waals surface area contributed by atoms with E-state index in [0.29, 0.717) is 31.7 Å². The van der Waals surface area contributed by atoms with Gasteiger partial charge in [-0.3, -0.25) is 9.59 Å². The van der Waals surface area contributed by atoms with Crippen molar-refractivity contribution in [3.05, 3.63) is 23.3 Å². The third kappa shape index (κ3) is 2.88. The van der Waals surface area contributed by atoms with E-state index in [1.54, 1.807) is 9.42 Å². The van der Waals surface area contributed by atoms with Crippen LogP contribution in [0.15, 0.2) is 6.33 Å². The van der Waals surface area contributed by atoms with Crippen molar-refractivity contribution in [1.29, 1.82) is 0 Å². The highest BCUT2D eigenvalue weighted by atomic mass is 16.4. The first-order valence-electron chi connectivity index (χ1n) is 7.63. The summed E-state index contributed by atoms with van der Waals surface area (Å²) in [5, 5.41) is 13.1. The lowest BCUT2D eigenvalue weighted by molar-refractivity contribution is -0.145. The van der Waals surface area contributed by atoms with Gasteiger partial charge in [-0.15, -0.1) is 0 Å². The molecule has 1 amide bonds. The number of amides is 1. The molecule has 3 rings (SSSR count). The fourth-order valence-corrected chi connectivity index (χ4v) is 3.05. The molecule has 3 heterocycles. The van der Waals surface area contributed by atoms with Crippen molar-refractivity contribution in [2.75, 3.05) is 13.1 Å². The molecule has 8 heteroatoms. The Morgan fingerprint density at radius 3 is 2.65 bits per heavy atom. The molecule has 122 valence electrons. The van der Waals surface area contributed by atoms with E-state index >= 15 is 0 Å². The van der Waals surface area contributed by atoms with Crippen molar-refractivity contribution in [1.82, 2.24) is 24.5 Å². The number of carboxylic acids is 1. The summed E-state index contributed by atoms with van der Waals surface area (Å²) in [6.45, 7) is 4.75. The van der Waals surface area contributed by atoms with Crippen LogP contribution < -0.4 is 0 Å². The Kier molecular flexibility index (Phi) is 3.97. The van der Waals surface area contributed by atoms with Crippen LogP contribution in [0.1, 0.15) is 29.8 Å². The smallest absolute Gasteiger partial charge is 0.306 e. The number of hydrogen-bond acceptors (Lipinski definition) is 5. The Balaban J connectivity index is 1.75. The normalized spacial score (nSPS) is 16.0. The summed E-state index contributed by atoms with van der Waals surface area (Å²) < 4.78 is 1.63. The van der Waals surface area contributed by atoms with Crippen LogP contribution in [0.2, 0.25) is 0 Å². The van der Waals surface area contributed by atoms with Crippen LogP contribution in [0.4, 0.5) is 0 Å². The molecular weight excluding hydrogens is 298 g/mol. The van der Waals surface area contributed by atoms with Gasteiger partial charge in [0.05, 0.1) is 12.3 Å². The van der Waals surface area contributed by atoms with Crippen LogP contribution >= 0.6 is 0 Å². The van der Waals surface area contributed by atoms with E-state index < -0.39 is 5.97 Å². The second-order valence-corrected chi connectivity index (χ2v) is 5.90. The lowest BCUT2D eigenvalue weighted by Gasteiger charge is -2.30. The summed E-state index contributed by atoms with van der Waals surface area (Å²) in [5.74, 6) is -0.583. The maximum Gasteiger partial charge on any atom is 0.306 e. The van der Waals surface area contributed by atoms with Gasteiger partial charge in [-0.25, -0.2) is 9.50 Å². The Morgan fingerprint density at radius 2 is 2.00 bits per heavy atom. The fraction of sp³-hybridized carbons (Fsp3) is 0.533. The number of likely N-dealkylation sites (tertiary alicyclic amines) is 1. The molecule has 0 aliphatic carbocycles. The van der Waals surface area contributed by atoms with Gasteiger partial charge in [-0.05, 0) is 26.7 Å². The maximum atomic E-state index is 12.5. The Hall–Kier alpha value is -2.51. The van der Waals surface area contributed by atoms with Gasteiger partial charge >= 0.3 is 5.97 Å². The minimum Gasteiger partial charge on any atom is -0.481 e. The van der Waals surface area contributed by atoms with Gasteiger partial charge in [-0.2, -0.15) is 10.1 Å². The van der Waals surface area contributed by atoms with Crippen molar-refractivity contribution < 1.29 is 14.7 Å². The quantitative estimate of drug-likeness (QED) is 0.890. The lowest BCUT2D eigenvalue weighted by atomic mass is 9.96. The topological polar surface area (TPSA) is 101 Å². The second-order valence-electron chi connectivity index (χ2n) is 5.90. The zero-order valence-electron chi connectivity index (χ0n) is 13.2. The van der Waals surface area contributed by atoms with Gasteiger partial charge in [-0.1, -0.05) is 0 Å². The minimum atomic E-state index is -0.773. The van der Waals surface area contributed by atoms with Crippen LogP contribution in [0, 0.1) is 19.8 Å². The molecule has 0 atom stereocenters. The summed E-state index contributed by atoms with van der Waals surface area (Å²) in [6.07, 6.45) is 2.72. The van der Waals surface area contributed by atoms with E-state index in [-0.39, 0.29) is 18.2 Å². The molecule has 23 heavy (non-hydrogen) atoms. The molecule has 8 nitrogen and oxygen atoms in total. The first kappa shape index (κ1) is 15.4. The van der Waals surface area contributed by atoms with Crippen LogP contribution in [-0.4, -0.2) is 54.6 Å². The Bertz CT molecular complexity index is 762. The second kappa shape index (κ2) is 5.94.